The van der Waals surface area contributed by atoms with E-state index in [1.54, 1.807) is 56.4 Å². The SMILES string of the molecule is CC1CN(C)C(C(=O)[15NH][13CH3])C[15N]1C.CC1CN(C)C([13C](=O)[15NH][13CH3])CN1C.CC1CN([13CH3])C(C(=O)[15NH]C[13CH2][13C](=O)[15NH][13CH3])C[15N]1C.CC1CN([13CH3])C(C(=O)[15NH][13CH3])CN1C.CC1C[15N](C)C(C(=O)[15NH]C[13CH2][13C](=O)[15NH][13CH3])C[15N]1C.[13CH3][13C](=O)ON1C(=O)CCC1=O.[13CH3][13C](=O)ON1C(=O)CCC1=O.[13CH3][13C](=O)ON1C(=O)CCC1=O.[13CH3][13C](=O)ON1C(=O)CCC1=O.[13CH3][13C](=O)ON1C(=O)CCC1=O.[13CH3][15NH][13C]([13CH3])=O.[13CH3][15NH][13C]([13CH3])=O.[13CH3][15NH][13C]([13CH3])=O. The number of amides is 20. The molecule has 10 atom stereocenters. The van der Waals surface area contributed by atoms with Crippen LogP contribution in [0.4, 0.5) is 0 Å². The van der Waals surface area contributed by atoms with Crippen LogP contribution >= 0.6 is 0 Å². The lowest BCUT2D eigenvalue weighted by Gasteiger charge is -2.41. The van der Waals surface area contributed by atoms with Crippen LogP contribution in [0.1, 0.15) is 167 Å². The number of hydrogen-bond donors (Lipinski definition) is 10. The second kappa shape index (κ2) is 71.8. The molecule has 10 aliphatic heterocycles. The molecule has 55 heteroatoms. The van der Waals surface area contributed by atoms with Crippen molar-refractivity contribution in [2.24, 2.45) is 0 Å². The Morgan fingerprint density at radius 3 is 0.476 bits per heavy atom. The zero-order valence-electron chi connectivity index (χ0n) is 90.2. The molecule has 10 rings (SSSR count). The number of carbonyl (C=O) groups is 25. The Kier molecular flexibility index (Phi) is 67.5. The largest absolute Gasteiger partial charge is 0.359 e. The van der Waals surface area contributed by atoms with E-state index >= 15 is 0 Å². The number of piperazine rings is 5. The number of likely N-dealkylation sites (N-methyl/N-ethyl adjacent to an activating group) is 13. The highest BCUT2D eigenvalue weighted by molar-refractivity contribution is 6.04. The summed E-state index contributed by atoms with van der Waals surface area (Å²) in [4.78, 5) is 312. The van der Waals surface area contributed by atoms with Gasteiger partial charge in [0.25, 0.3) is 59.1 Å². The van der Waals surface area contributed by atoms with Gasteiger partial charge in [-0.1, -0.05) is 0 Å². The van der Waals surface area contributed by atoms with Gasteiger partial charge in [0.15, 0.2) is 0 Å². The van der Waals surface area contributed by atoms with Crippen molar-refractivity contribution in [2.75, 3.05) is 205 Å². The zero-order chi connectivity index (χ0) is 112. The smallest absolute Gasteiger partial charge is 0.330 e. The topological polar surface area (TPSA) is 642 Å². The summed E-state index contributed by atoms with van der Waals surface area (Å²) in [6, 6.07) is 2.29. The van der Waals surface area contributed by atoms with Crippen LogP contribution in [-0.2, 0) is 144 Å². The van der Waals surface area contributed by atoms with Crippen molar-refractivity contribution >= 4 is 148 Å². The van der Waals surface area contributed by atoms with Crippen LogP contribution in [0.2, 0.25) is 0 Å². The van der Waals surface area contributed by atoms with Crippen LogP contribution in [-0.4, -0.2) is 488 Å². The molecule has 0 aromatic heterocycles. The molecule has 20 amide bonds. The van der Waals surface area contributed by atoms with E-state index in [1.165, 1.54) is 20.8 Å². The molecule has 55 nitrogen and oxygen atoms in total. The number of carbonyl (C=O) groups excluding carboxylic acids is 25. The molecule has 0 aromatic carbocycles. The van der Waals surface area contributed by atoms with E-state index in [-0.39, 0.29) is 153 Å². The van der Waals surface area contributed by atoms with E-state index in [0.717, 1.165) is 100 Å². The van der Waals surface area contributed by atoms with Crippen molar-refractivity contribution in [2.45, 2.75) is 227 Å². The predicted molar refractivity (Wildman–Crippen MR) is 522 cm³/mol. The summed E-state index contributed by atoms with van der Waals surface area (Å²) in [6.45, 7) is 30.2. The van der Waals surface area contributed by atoms with Gasteiger partial charge in [0.05, 0.1) is 0 Å². The molecule has 0 bridgehead atoms. The fourth-order valence-electron chi connectivity index (χ4n) is 13.3. The Labute approximate surface area is 849 Å². The highest BCUT2D eigenvalue weighted by Crippen LogP contribution is 2.20. The number of rotatable bonds is 16. The van der Waals surface area contributed by atoms with Gasteiger partial charge in [0, 0.05) is 298 Å². The van der Waals surface area contributed by atoms with Gasteiger partial charge in [-0.3, -0.25) is 120 Å². The Hall–Kier alpha value is -12.6. The summed E-state index contributed by atoms with van der Waals surface area (Å²) >= 11 is 0. The molecule has 10 heterocycles. The Balaban J connectivity index is -0.00000153. The Morgan fingerprint density at radius 1 is 0.221 bits per heavy atom. The first-order chi connectivity index (χ1) is 67.4. The second-order valence-electron chi connectivity index (χ2n) is 34.7. The molecule has 0 aromatic rings. The van der Waals surface area contributed by atoms with Crippen LogP contribution in [0.5, 0.6) is 0 Å². The highest BCUT2D eigenvalue weighted by Gasteiger charge is 2.40. The molecule has 826 valence electrons. The van der Waals surface area contributed by atoms with Gasteiger partial charge in [-0.15, -0.1) is 25.3 Å². The first-order valence-corrected chi connectivity index (χ1v) is 46.9. The molecule has 10 fully saturated rings. The summed E-state index contributed by atoms with van der Waals surface area (Å²) < 4.78 is 0. The number of nitrogens with zero attached hydrogens (tertiary/aromatic N) is 15. The summed E-state index contributed by atoms with van der Waals surface area (Å²) in [7, 11) is 33.2. The predicted octanol–water partition coefficient (Wildman–Crippen LogP) is -6.83. The summed E-state index contributed by atoms with van der Waals surface area (Å²) in [5.41, 5.74) is 0. The average molecular weight is 2120 g/mol. The molecular formula is C90H161N25O30. The molecule has 10 saturated heterocycles. The van der Waals surface area contributed by atoms with Gasteiger partial charge in [0.1, 0.15) is 30.2 Å². The third kappa shape index (κ3) is 54.8. The zero-order valence-corrected chi connectivity index (χ0v) is 90.2. The molecule has 0 radical (unpaired) electrons. The van der Waals surface area contributed by atoms with Gasteiger partial charge in [-0.2, -0.15) is 0 Å². The molecule has 0 aliphatic carbocycles. The van der Waals surface area contributed by atoms with Crippen LogP contribution < -0.4 is 53.2 Å². The lowest BCUT2D eigenvalue weighted by Crippen LogP contribution is -2.59. The fraction of sp³-hybridized carbons (Fsp3) is 0.722. The minimum absolute atomic E-state index is 0.000142. The number of imide groups is 5. The fourth-order valence-corrected chi connectivity index (χ4v) is 13.3. The molecular weight excluding hydrogens is 1960 g/mol. The Morgan fingerprint density at radius 2 is 0.359 bits per heavy atom. The highest BCUT2D eigenvalue weighted by atomic mass is 16.8. The molecule has 10 unspecified atom stereocenters. The van der Waals surface area contributed by atoms with E-state index in [4.69, 9.17) is 0 Å². The van der Waals surface area contributed by atoms with Crippen LogP contribution in [0.3, 0.4) is 0 Å². The van der Waals surface area contributed by atoms with Crippen molar-refractivity contribution in [1.29, 1.82) is 0 Å². The number of nitrogens with one attached hydrogen (secondary N) is 10. The van der Waals surface area contributed by atoms with E-state index in [9.17, 15) is 120 Å². The van der Waals surface area contributed by atoms with E-state index in [1.807, 2.05) is 49.3 Å². The first kappa shape index (κ1) is 136. The van der Waals surface area contributed by atoms with E-state index < -0.39 is 88.9 Å². The molecule has 10 aliphatic rings. The van der Waals surface area contributed by atoms with Crippen LogP contribution in [0.25, 0.3) is 0 Å². The van der Waals surface area contributed by atoms with Gasteiger partial charge >= 0.3 is 29.8 Å². The van der Waals surface area contributed by atoms with Crippen molar-refractivity contribution in [1.82, 2.24) is 127 Å². The van der Waals surface area contributed by atoms with Crippen LogP contribution in [0, 0.1) is 0 Å². The van der Waals surface area contributed by atoms with Crippen molar-refractivity contribution < 1.29 is 144 Å². The van der Waals surface area contributed by atoms with Crippen molar-refractivity contribution in [3.8, 4) is 0 Å². The third-order valence-electron chi connectivity index (χ3n) is 22.8. The molecule has 0 saturated carbocycles. The summed E-state index contributed by atoms with van der Waals surface area (Å²) in [5, 5.41) is 28.5. The van der Waals surface area contributed by atoms with Gasteiger partial charge < -0.3 is 102 Å². The lowest BCUT2D eigenvalue weighted by molar-refractivity contribution is -0.195. The van der Waals surface area contributed by atoms with Gasteiger partial charge in [-0.25, -0.2) is 24.0 Å². The van der Waals surface area contributed by atoms with Crippen molar-refractivity contribution in [3.05, 3.63) is 0 Å². The lowest BCUT2D eigenvalue weighted by atomic mass is 10.1. The summed E-state index contributed by atoms with van der Waals surface area (Å²) in [5.74, 6) is -7.59. The van der Waals surface area contributed by atoms with Gasteiger partial charge in [0.2, 0.25) is 59.1 Å². The van der Waals surface area contributed by atoms with E-state index in [0.29, 0.717) is 81.5 Å². The van der Waals surface area contributed by atoms with Crippen LogP contribution in [0.15, 0.2) is 0 Å². The quantitative estimate of drug-likeness (QED) is 0.0390. The average Bonchev–Trinajstić information content (AvgIpc) is 1.82. The first-order valence-electron chi connectivity index (χ1n) is 46.9. The normalized spacial score (nSPS) is 22.2. The summed E-state index contributed by atoms with van der Waals surface area (Å²) in [6.07, 6.45) is 1.96. The minimum Gasteiger partial charge on any atom is -0.359 e. The Bertz CT molecular complexity index is 3790. The number of hydroxylamine groups is 10. The maximum atomic E-state index is 12.0. The van der Waals surface area contributed by atoms with Gasteiger partial charge in [-0.05, 0) is 105 Å². The molecule has 145 heavy (non-hydrogen) atoms. The van der Waals surface area contributed by atoms with E-state index in [2.05, 4.69) is 182 Å². The maximum absolute atomic E-state index is 12.0. The minimum atomic E-state index is -0.659. The second-order valence-corrected chi connectivity index (χ2v) is 34.7. The maximum Gasteiger partial charge on any atom is 0.330 e. The van der Waals surface area contributed by atoms with Crippen molar-refractivity contribution in [3.63, 3.8) is 0 Å². The standard InChI is InChI=1S/2C12H24N4O2.3C9H19N3O.5C6H7NO4.3C3H7NO/c2*1-9-7-16(4)10(8-15(9)3)12(18)14-6-5-11(17)13-2;3*1-7-5-12(4)8(6-11(7)3)9(13)10-2;5*1-4(8)11-7-5(9)2-3-6(7)10;3*1-3(5)4-2/h2*9-10H,5-8H2,1-4H3,(H,13,17)(H,14,18);3*7-8H,5-6H2,1-4H3,(H,10,13);5*2-3H2,1H3;3*1-2H3,(H,4,5)/i2+1,5+1,11+1,13+1,14+1,15+1,16+1;2+1,4+1,5+1,11+1,13+1,14+1,15+1;2+1,10+1,11+1;2+1,9+1,10+1;2+1,4+1,10+1;5*1+1,4+1;3*1+1,2+1,3+1,4+1. The third-order valence-corrected chi connectivity index (χ3v) is 22.8. The molecule has 0 spiro atoms. The monoisotopic (exact) mass is 2120 g/mol. The number of hydrogen-bond acceptors (Lipinski definition) is 40. The molecule has 10 N–H and O–H groups in total.